The van der Waals surface area contributed by atoms with Gasteiger partial charge in [0, 0.05) is 6.20 Å². The Hall–Kier alpha value is -1.68. The van der Waals surface area contributed by atoms with Crippen molar-refractivity contribution in [2.45, 2.75) is 38.0 Å². The van der Waals surface area contributed by atoms with Crippen LogP contribution in [0.4, 0.5) is 0 Å². The van der Waals surface area contributed by atoms with Crippen molar-refractivity contribution < 1.29 is 8.42 Å². The van der Waals surface area contributed by atoms with Crippen LogP contribution in [0.15, 0.2) is 41.6 Å². The largest absolute Gasteiger partial charge is 0.244 e. The number of aryl methyl sites for hydroxylation is 3. The lowest BCUT2D eigenvalue weighted by Crippen LogP contribution is -2.13. The molecule has 106 valence electrons. The second kappa shape index (κ2) is 5.37. The Balaban J connectivity index is 2.48. The standard InChI is InChI=1S/C16H19NO2S/c1-11-5-7-13(3)15(9-11)14(4)20(18,19)16-8-6-12(2)10-17-16/h5-10,14H,1-4H3. The van der Waals surface area contributed by atoms with Crippen LogP contribution in [0, 0.1) is 20.8 Å². The van der Waals surface area contributed by atoms with Gasteiger partial charge in [0.15, 0.2) is 5.03 Å². The first-order valence-electron chi connectivity index (χ1n) is 6.56. The molecule has 0 saturated heterocycles. The molecule has 3 nitrogen and oxygen atoms in total. The molecular weight excluding hydrogens is 270 g/mol. The lowest BCUT2D eigenvalue weighted by molar-refractivity contribution is 0.582. The molecule has 0 bridgehead atoms. The average molecular weight is 289 g/mol. The first-order chi connectivity index (χ1) is 9.32. The van der Waals surface area contributed by atoms with E-state index in [1.807, 2.05) is 39.0 Å². The maximum atomic E-state index is 12.6. The molecule has 20 heavy (non-hydrogen) atoms. The highest BCUT2D eigenvalue weighted by atomic mass is 32.2. The minimum atomic E-state index is -3.46. The first kappa shape index (κ1) is 14.7. The molecule has 1 atom stereocenters. The van der Waals surface area contributed by atoms with E-state index in [0.717, 1.165) is 22.3 Å². The molecule has 0 spiro atoms. The van der Waals surface area contributed by atoms with Crippen molar-refractivity contribution in [2.24, 2.45) is 0 Å². The van der Waals surface area contributed by atoms with Gasteiger partial charge in [-0.25, -0.2) is 13.4 Å². The first-order valence-corrected chi connectivity index (χ1v) is 8.10. The Kier molecular flexibility index (Phi) is 3.95. The van der Waals surface area contributed by atoms with Crippen LogP contribution in [0.25, 0.3) is 0 Å². The molecule has 4 heteroatoms. The summed E-state index contributed by atoms with van der Waals surface area (Å²) >= 11 is 0. The topological polar surface area (TPSA) is 47.0 Å². The van der Waals surface area contributed by atoms with Crippen molar-refractivity contribution in [3.8, 4) is 0 Å². The summed E-state index contributed by atoms with van der Waals surface area (Å²) < 4.78 is 25.3. The van der Waals surface area contributed by atoms with Crippen LogP contribution >= 0.6 is 0 Å². The quantitative estimate of drug-likeness (QED) is 0.868. The highest BCUT2D eigenvalue weighted by Gasteiger charge is 2.27. The van der Waals surface area contributed by atoms with Gasteiger partial charge in [-0.05, 0) is 50.5 Å². The van der Waals surface area contributed by atoms with Crippen LogP contribution in [0.1, 0.15) is 34.4 Å². The highest BCUT2D eigenvalue weighted by molar-refractivity contribution is 7.91. The molecule has 2 aromatic rings. The summed E-state index contributed by atoms with van der Waals surface area (Å²) in [4.78, 5) is 4.06. The lowest BCUT2D eigenvalue weighted by atomic mass is 10.0. The molecule has 0 amide bonds. The number of sulfone groups is 1. The average Bonchev–Trinajstić information content (AvgIpc) is 2.41. The SMILES string of the molecule is Cc1ccc(S(=O)(=O)C(C)c2cc(C)ccc2C)nc1. The number of nitrogens with zero attached hydrogens (tertiary/aromatic N) is 1. The third-order valence-electron chi connectivity index (χ3n) is 3.51. The predicted molar refractivity (Wildman–Crippen MR) is 80.5 cm³/mol. The molecule has 1 aromatic heterocycles. The third-order valence-corrected chi connectivity index (χ3v) is 5.52. The predicted octanol–water partition coefficient (Wildman–Crippen LogP) is 3.54. The van der Waals surface area contributed by atoms with Crippen LogP contribution in [0.5, 0.6) is 0 Å². The van der Waals surface area contributed by atoms with E-state index >= 15 is 0 Å². The Morgan fingerprint density at radius 2 is 1.65 bits per heavy atom. The number of aromatic nitrogens is 1. The monoisotopic (exact) mass is 289 g/mol. The smallest absolute Gasteiger partial charge is 0.202 e. The van der Waals surface area contributed by atoms with Crippen molar-refractivity contribution in [1.82, 2.24) is 4.98 Å². The molecule has 0 N–H and O–H groups in total. The molecule has 0 saturated carbocycles. The lowest BCUT2D eigenvalue weighted by Gasteiger charge is -2.16. The summed E-state index contributed by atoms with van der Waals surface area (Å²) in [6.07, 6.45) is 1.59. The Morgan fingerprint density at radius 3 is 2.25 bits per heavy atom. The summed E-state index contributed by atoms with van der Waals surface area (Å²) in [5, 5.41) is -0.464. The second-order valence-corrected chi connectivity index (χ2v) is 7.44. The summed E-state index contributed by atoms with van der Waals surface area (Å²) in [6, 6.07) is 9.23. The van der Waals surface area contributed by atoms with E-state index in [9.17, 15) is 8.42 Å². The second-order valence-electron chi connectivity index (χ2n) is 5.22. The van der Waals surface area contributed by atoms with Gasteiger partial charge in [-0.15, -0.1) is 0 Å². The van der Waals surface area contributed by atoms with Crippen molar-refractivity contribution in [2.75, 3.05) is 0 Å². The maximum Gasteiger partial charge on any atom is 0.202 e. The zero-order valence-corrected chi connectivity index (χ0v) is 13.0. The third kappa shape index (κ3) is 2.75. The van der Waals surface area contributed by atoms with E-state index in [2.05, 4.69) is 4.98 Å². The fourth-order valence-electron chi connectivity index (χ4n) is 2.17. The number of hydrogen-bond acceptors (Lipinski definition) is 3. The van der Waals surface area contributed by atoms with Crippen molar-refractivity contribution >= 4 is 9.84 Å². The van der Waals surface area contributed by atoms with Gasteiger partial charge >= 0.3 is 0 Å². The maximum absolute atomic E-state index is 12.6. The summed E-state index contributed by atoms with van der Waals surface area (Å²) in [7, 11) is -3.46. The van der Waals surface area contributed by atoms with Gasteiger partial charge in [0.1, 0.15) is 0 Å². The molecule has 1 heterocycles. The van der Waals surface area contributed by atoms with Gasteiger partial charge in [0.05, 0.1) is 5.25 Å². The van der Waals surface area contributed by atoms with Crippen molar-refractivity contribution in [1.29, 1.82) is 0 Å². The molecule has 0 aliphatic heterocycles. The fraction of sp³-hybridized carbons (Fsp3) is 0.312. The van der Waals surface area contributed by atoms with Crippen LogP contribution in [-0.2, 0) is 9.84 Å². The van der Waals surface area contributed by atoms with E-state index in [1.54, 1.807) is 25.3 Å². The Morgan fingerprint density at radius 1 is 1.00 bits per heavy atom. The fourth-order valence-corrected chi connectivity index (χ4v) is 3.58. The van der Waals surface area contributed by atoms with Crippen LogP contribution in [0.3, 0.4) is 0 Å². The van der Waals surface area contributed by atoms with Gasteiger partial charge in [0.25, 0.3) is 0 Å². The summed E-state index contributed by atoms with van der Waals surface area (Å²) in [5.41, 5.74) is 3.83. The molecule has 0 aliphatic rings. The van der Waals surface area contributed by atoms with E-state index < -0.39 is 15.1 Å². The molecule has 0 fully saturated rings. The molecular formula is C16H19NO2S. The van der Waals surface area contributed by atoms with Crippen LogP contribution in [0.2, 0.25) is 0 Å². The Bertz CT molecular complexity index is 719. The summed E-state index contributed by atoms with van der Waals surface area (Å²) in [5.74, 6) is 0. The van der Waals surface area contributed by atoms with Gasteiger partial charge < -0.3 is 0 Å². The number of pyridine rings is 1. The highest BCUT2D eigenvalue weighted by Crippen LogP contribution is 2.30. The van der Waals surface area contributed by atoms with E-state index in [-0.39, 0.29) is 5.03 Å². The van der Waals surface area contributed by atoms with E-state index in [0.29, 0.717) is 0 Å². The van der Waals surface area contributed by atoms with Gasteiger partial charge in [0.2, 0.25) is 9.84 Å². The molecule has 1 aromatic carbocycles. The Labute approximate surface area is 120 Å². The minimum Gasteiger partial charge on any atom is -0.244 e. The zero-order chi connectivity index (χ0) is 14.9. The van der Waals surface area contributed by atoms with E-state index in [4.69, 9.17) is 0 Å². The van der Waals surface area contributed by atoms with Gasteiger partial charge in [-0.2, -0.15) is 0 Å². The van der Waals surface area contributed by atoms with Gasteiger partial charge in [-0.1, -0.05) is 29.8 Å². The van der Waals surface area contributed by atoms with Crippen molar-refractivity contribution in [3.63, 3.8) is 0 Å². The van der Waals surface area contributed by atoms with Crippen LogP contribution in [-0.4, -0.2) is 13.4 Å². The van der Waals surface area contributed by atoms with Gasteiger partial charge in [-0.3, -0.25) is 0 Å². The molecule has 1 unspecified atom stereocenters. The molecule has 0 aliphatic carbocycles. The number of benzene rings is 1. The number of rotatable bonds is 3. The number of hydrogen-bond donors (Lipinski definition) is 0. The van der Waals surface area contributed by atoms with Crippen LogP contribution < -0.4 is 0 Å². The normalized spacial score (nSPS) is 13.2. The molecule has 2 rings (SSSR count). The summed E-state index contributed by atoms with van der Waals surface area (Å²) in [6.45, 7) is 7.51. The van der Waals surface area contributed by atoms with Crippen molar-refractivity contribution in [3.05, 3.63) is 58.8 Å². The van der Waals surface area contributed by atoms with E-state index in [1.165, 1.54) is 0 Å². The minimum absolute atomic E-state index is 0.136. The zero-order valence-electron chi connectivity index (χ0n) is 12.2. The molecule has 0 radical (unpaired) electrons.